The smallest absolute Gasteiger partial charge is 0.411 e. The molecule has 0 radical (unpaired) electrons. The molecule has 2 aliphatic heterocycles. The van der Waals surface area contributed by atoms with E-state index in [1.165, 1.54) is 25.7 Å². The van der Waals surface area contributed by atoms with Crippen LogP contribution < -0.4 is 5.46 Å². The van der Waals surface area contributed by atoms with Gasteiger partial charge >= 0.3 is 14.2 Å². The zero-order valence-corrected chi connectivity index (χ0v) is 31.1. The fraction of sp³-hybridized carbons (Fsp3) is 0.765. The molecule has 0 aromatic carbocycles. The van der Waals surface area contributed by atoms with Crippen molar-refractivity contribution < 1.29 is 38.3 Å². The van der Waals surface area contributed by atoms with Gasteiger partial charge in [0, 0.05) is 29.4 Å². The van der Waals surface area contributed by atoms with Crippen LogP contribution in [0.2, 0.25) is 0 Å². The van der Waals surface area contributed by atoms with E-state index in [-0.39, 0.29) is 36.6 Å². The van der Waals surface area contributed by atoms with E-state index < -0.39 is 0 Å². The third-order valence-corrected chi connectivity index (χ3v) is 10.0. The second-order valence-corrected chi connectivity index (χ2v) is 15.5. The number of carbonyl (C=O) groups excluding carboxylic acids is 1. The van der Waals surface area contributed by atoms with Crippen LogP contribution in [0.25, 0.3) is 0 Å². The predicted octanol–water partition coefficient (Wildman–Crippen LogP) is 6.68. The minimum atomic E-state index is -0.361. The highest BCUT2D eigenvalue weighted by Gasteiger charge is 2.54. The molecule has 4 aliphatic carbocycles. The number of hydrogen-bond acceptors (Lipinski definition) is 11. The van der Waals surface area contributed by atoms with Gasteiger partial charge in [-0.25, -0.2) is 0 Å². The SMILES string of the molecule is CC#CB1OC(C)(C)C(C)(C)O1.Cc1onc(C2CC2)c1B1OC(C)(C)C(C)(C)O1.O/N=C(\Cl)C1CC1.O/N=C/C1CC1.O=CC1CC1. The molecule has 1 aromatic heterocycles. The molecule has 11 nitrogen and oxygen atoms in total. The number of aldehydes is 1. The van der Waals surface area contributed by atoms with Gasteiger partial charge < -0.3 is 38.3 Å². The molecule has 14 heteroatoms. The summed E-state index contributed by atoms with van der Waals surface area (Å²) < 4.78 is 28.7. The molecule has 0 spiro atoms. The lowest BCUT2D eigenvalue weighted by Gasteiger charge is -2.32. The van der Waals surface area contributed by atoms with Crippen LogP contribution in [0.5, 0.6) is 0 Å². The fourth-order valence-corrected chi connectivity index (χ4v) is 4.51. The molecule has 6 aliphatic rings. The molecule has 2 saturated heterocycles. The Morgan fingerprint density at radius 1 is 0.854 bits per heavy atom. The summed E-state index contributed by atoms with van der Waals surface area (Å²) in [7, 11) is -0.711. The Balaban J connectivity index is 0.000000179. The van der Waals surface area contributed by atoms with E-state index >= 15 is 0 Å². The van der Waals surface area contributed by atoms with Crippen molar-refractivity contribution in [3.05, 3.63) is 11.5 Å². The van der Waals surface area contributed by atoms with Gasteiger partial charge in [-0.1, -0.05) is 27.7 Å². The Hall–Kier alpha value is -2.36. The summed E-state index contributed by atoms with van der Waals surface area (Å²) in [5.74, 6) is 8.44. The summed E-state index contributed by atoms with van der Waals surface area (Å²) in [5.41, 5.74) is 0.884. The molecule has 3 heterocycles. The number of hydrogen-bond donors (Lipinski definition) is 2. The molecule has 4 saturated carbocycles. The standard InChI is InChI=1S/C13H20BNO3.C9H15BO2.C4H6ClNO.C4H7NO.C4H6O/c1-8-10(11(15-16-8)9-6-7-9)14-17-12(2,3)13(4,5)18-14;1-6-7-10-11-8(2,3)9(4,5)12-10;5-4(6-7)3-1-2-3;6-5-3-4-1-2-4;5-3-4-1-2-4/h9H,6-7H2,1-5H3;1-5H3;3,7H,1-2H2;3-4,6H,1-2H2;3-4H,1-2H2/b;;6-4-;5-3+;. The second kappa shape index (κ2) is 16.6. The third-order valence-electron chi connectivity index (χ3n) is 9.63. The first-order chi connectivity index (χ1) is 22.4. The second-order valence-electron chi connectivity index (χ2n) is 15.2. The lowest BCUT2D eigenvalue weighted by atomic mass is 9.76. The van der Waals surface area contributed by atoms with Crippen LogP contribution >= 0.6 is 11.6 Å². The number of rotatable bonds is 5. The molecular weight excluding hydrogens is 635 g/mol. The van der Waals surface area contributed by atoms with Gasteiger partial charge in [0.2, 0.25) is 0 Å². The van der Waals surface area contributed by atoms with Crippen molar-refractivity contribution >= 4 is 49.0 Å². The Morgan fingerprint density at radius 3 is 1.67 bits per heavy atom. The van der Waals surface area contributed by atoms with Gasteiger partial charge in [0.05, 0.1) is 28.1 Å². The van der Waals surface area contributed by atoms with E-state index in [2.05, 4.69) is 54.9 Å². The summed E-state index contributed by atoms with van der Waals surface area (Å²) in [4.78, 5) is 9.57. The molecule has 1 aromatic rings. The van der Waals surface area contributed by atoms with Gasteiger partial charge in [-0.15, -0.1) is 11.1 Å². The Morgan fingerprint density at radius 2 is 1.35 bits per heavy atom. The number of aromatic nitrogens is 1. The number of aryl methyl sites for hydroxylation is 1. The van der Waals surface area contributed by atoms with E-state index in [1.54, 1.807) is 13.1 Å². The summed E-state index contributed by atoms with van der Waals surface area (Å²) in [6.07, 6.45) is 11.9. The first kappa shape index (κ1) is 40.1. The van der Waals surface area contributed by atoms with Crippen LogP contribution in [0.15, 0.2) is 14.8 Å². The molecule has 0 atom stereocenters. The van der Waals surface area contributed by atoms with Crippen LogP contribution in [0, 0.1) is 36.4 Å². The molecule has 0 bridgehead atoms. The monoisotopic (exact) mass is 689 g/mol. The zero-order chi connectivity index (χ0) is 35.9. The van der Waals surface area contributed by atoms with E-state index in [0.29, 0.717) is 28.8 Å². The minimum Gasteiger partial charge on any atom is -0.411 e. The third kappa shape index (κ3) is 11.6. The largest absolute Gasteiger partial charge is 0.551 e. The molecule has 7 rings (SSSR count). The maximum Gasteiger partial charge on any atom is 0.551 e. The van der Waals surface area contributed by atoms with Crippen LogP contribution in [0.3, 0.4) is 0 Å². The molecule has 6 fully saturated rings. The number of nitrogens with zero attached hydrogens (tertiary/aromatic N) is 3. The quantitative estimate of drug-likeness (QED) is 0.0864. The van der Waals surface area contributed by atoms with E-state index in [0.717, 1.165) is 48.9 Å². The summed E-state index contributed by atoms with van der Waals surface area (Å²) in [6.45, 7) is 20.0. The fourth-order valence-electron chi connectivity index (χ4n) is 4.29. The molecule has 266 valence electrons. The van der Waals surface area contributed by atoms with Crippen LogP contribution in [-0.2, 0) is 23.4 Å². The first-order valence-corrected chi connectivity index (χ1v) is 17.4. The molecule has 2 N–H and O–H groups in total. The maximum absolute atomic E-state index is 9.57. The highest BCUT2D eigenvalue weighted by Crippen LogP contribution is 2.42. The van der Waals surface area contributed by atoms with Gasteiger partial charge in [0.25, 0.3) is 0 Å². The maximum atomic E-state index is 9.57. The lowest BCUT2D eigenvalue weighted by molar-refractivity contribution is -0.108. The highest BCUT2D eigenvalue weighted by molar-refractivity contribution is 6.66. The lowest BCUT2D eigenvalue weighted by Crippen LogP contribution is -2.41. The molecule has 0 unspecified atom stereocenters. The summed E-state index contributed by atoms with van der Waals surface area (Å²) in [5, 5.41) is 26.1. The van der Waals surface area contributed by atoms with Crippen LogP contribution in [-0.4, -0.2) is 69.9 Å². The average molecular weight is 690 g/mol. The number of oxime groups is 2. The number of halogens is 1. The van der Waals surface area contributed by atoms with Crippen molar-refractivity contribution in [3.63, 3.8) is 0 Å². The number of carbonyl (C=O) groups is 1. The van der Waals surface area contributed by atoms with Crippen molar-refractivity contribution in [2.75, 3.05) is 0 Å². The average Bonchev–Trinajstić information content (AvgIpc) is 3.84. The van der Waals surface area contributed by atoms with Crippen molar-refractivity contribution in [3.8, 4) is 11.7 Å². The van der Waals surface area contributed by atoms with Gasteiger partial charge in [0.15, 0.2) is 0 Å². The topological polar surface area (TPSA) is 145 Å². The predicted molar refractivity (Wildman–Crippen MR) is 188 cm³/mol. The Bertz CT molecular complexity index is 1310. The summed E-state index contributed by atoms with van der Waals surface area (Å²) >= 11 is 5.36. The molecular formula is C34H54B2ClN3O8. The highest BCUT2D eigenvalue weighted by atomic mass is 35.5. The van der Waals surface area contributed by atoms with Gasteiger partial charge in [-0.2, -0.15) is 0 Å². The molecule has 0 amide bonds. The van der Waals surface area contributed by atoms with E-state index in [9.17, 15) is 4.79 Å². The van der Waals surface area contributed by atoms with Crippen molar-refractivity contribution in [2.24, 2.45) is 28.1 Å². The van der Waals surface area contributed by atoms with Crippen molar-refractivity contribution in [1.82, 2.24) is 5.16 Å². The minimum absolute atomic E-state index is 0.262. The first-order valence-electron chi connectivity index (χ1n) is 17.0. The van der Waals surface area contributed by atoms with Crippen molar-refractivity contribution in [1.29, 1.82) is 0 Å². The van der Waals surface area contributed by atoms with E-state index in [4.69, 9.17) is 45.2 Å². The Labute approximate surface area is 292 Å². The van der Waals surface area contributed by atoms with Crippen LogP contribution in [0.1, 0.15) is 131 Å². The Kier molecular flexibility index (Phi) is 13.8. The summed E-state index contributed by atoms with van der Waals surface area (Å²) in [6, 6.07) is 0. The van der Waals surface area contributed by atoms with E-state index in [1.807, 2.05) is 34.6 Å². The van der Waals surface area contributed by atoms with Crippen LogP contribution in [0.4, 0.5) is 0 Å². The normalized spacial score (nSPS) is 24.4. The van der Waals surface area contributed by atoms with Gasteiger partial charge in [-0.05, 0) is 127 Å². The molecule has 48 heavy (non-hydrogen) atoms. The van der Waals surface area contributed by atoms with Crippen molar-refractivity contribution in [2.45, 2.75) is 149 Å². The van der Waals surface area contributed by atoms with Gasteiger partial charge in [-0.3, -0.25) is 0 Å². The van der Waals surface area contributed by atoms with Gasteiger partial charge in [0.1, 0.15) is 17.2 Å². The zero-order valence-electron chi connectivity index (χ0n) is 30.3.